The van der Waals surface area contributed by atoms with Gasteiger partial charge in [-0.2, -0.15) is 0 Å². The van der Waals surface area contributed by atoms with Crippen LogP contribution in [0, 0.1) is 13.8 Å². The fourth-order valence-corrected chi connectivity index (χ4v) is 1.41. The molecule has 0 aromatic heterocycles. The van der Waals surface area contributed by atoms with Crippen LogP contribution in [0.3, 0.4) is 0 Å². The van der Waals surface area contributed by atoms with Gasteiger partial charge in [-0.25, -0.2) is 0 Å². The Morgan fingerprint density at radius 2 is 2.13 bits per heavy atom. The molecule has 0 aliphatic heterocycles. The normalized spacial score (nSPS) is 9.80. The predicted octanol–water partition coefficient (Wildman–Crippen LogP) is 2.28. The second kappa shape index (κ2) is 5.39. The van der Waals surface area contributed by atoms with E-state index in [1.54, 1.807) is 0 Å². The standard InChI is InChI=1S/C12H17NO2/c1-9-4-5-11(10(2)8-9)13-7-6-12(14)15-3/h4-5,8,13H,6-7H2,1-3H3. The van der Waals surface area contributed by atoms with Crippen molar-refractivity contribution in [3.05, 3.63) is 29.3 Å². The molecule has 0 heterocycles. The molecule has 0 atom stereocenters. The first-order chi connectivity index (χ1) is 7.13. The highest BCUT2D eigenvalue weighted by molar-refractivity contribution is 5.70. The van der Waals surface area contributed by atoms with Crippen molar-refractivity contribution in [2.24, 2.45) is 0 Å². The van der Waals surface area contributed by atoms with Crippen LogP contribution in [0.5, 0.6) is 0 Å². The van der Waals surface area contributed by atoms with E-state index in [4.69, 9.17) is 0 Å². The van der Waals surface area contributed by atoms with E-state index >= 15 is 0 Å². The summed E-state index contributed by atoms with van der Waals surface area (Å²) in [6.07, 6.45) is 0.393. The van der Waals surface area contributed by atoms with Crippen molar-refractivity contribution in [2.75, 3.05) is 19.0 Å². The predicted molar refractivity (Wildman–Crippen MR) is 61.0 cm³/mol. The molecule has 15 heavy (non-hydrogen) atoms. The van der Waals surface area contributed by atoms with E-state index in [9.17, 15) is 4.79 Å². The van der Waals surface area contributed by atoms with Crippen LogP contribution in [0.15, 0.2) is 18.2 Å². The highest BCUT2D eigenvalue weighted by Crippen LogP contribution is 2.15. The number of aryl methyl sites for hydroxylation is 2. The maximum atomic E-state index is 10.9. The van der Waals surface area contributed by atoms with Gasteiger partial charge in [0, 0.05) is 12.2 Å². The van der Waals surface area contributed by atoms with Gasteiger partial charge in [-0.05, 0) is 25.5 Å². The minimum atomic E-state index is -0.188. The summed E-state index contributed by atoms with van der Waals surface area (Å²) in [4.78, 5) is 10.9. The molecule has 1 aromatic carbocycles. The fraction of sp³-hybridized carbons (Fsp3) is 0.417. The highest BCUT2D eigenvalue weighted by atomic mass is 16.5. The van der Waals surface area contributed by atoms with Crippen molar-refractivity contribution >= 4 is 11.7 Å². The number of nitrogens with one attached hydrogen (secondary N) is 1. The van der Waals surface area contributed by atoms with E-state index in [1.807, 2.05) is 19.1 Å². The Bertz CT molecular complexity index is 347. The average molecular weight is 207 g/mol. The quantitative estimate of drug-likeness (QED) is 0.770. The number of methoxy groups -OCH3 is 1. The Hall–Kier alpha value is -1.51. The molecule has 0 amide bonds. The number of rotatable bonds is 4. The molecule has 0 spiro atoms. The molecule has 0 saturated carbocycles. The minimum absolute atomic E-state index is 0.188. The summed E-state index contributed by atoms with van der Waals surface area (Å²) >= 11 is 0. The molecular formula is C12H17NO2. The van der Waals surface area contributed by atoms with Crippen LogP contribution in [-0.4, -0.2) is 19.6 Å². The van der Waals surface area contributed by atoms with Gasteiger partial charge in [0.25, 0.3) is 0 Å². The Morgan fingerprint density at radius 1 is 1.40 bits per heavy atom. The third-order valence-electron chi connectivity index (χ3n) is 2.25. The van der Waals surface area contributed by atoms with Crippen LogP contribution in [-0.2, 0) is 9.53 Å². The third kappa shape index (κ3) is 3.62. The molecule has 1 N–H and O–H groups in total. The molecule has 1 rings (SSSR count). The van der Waals surface area contributed by atoms with Gasteiger partial charge in [-0.15, -0.1) is 0 Å². The van der Waals surface area contributed by atoms with Gasteiger partial charge in [-0.3, -0.25) is 4.79 Å². The minimum Gasteiger partial charge on any atom is -0.469 e. The lowest BCUT2D eigenvalue weighted by molar-refractivity contribution is -0.140. The number of hydrogen-bond donors (Lipinski definition) is 1. The van der Waals surface area contributed by atoms with E-state index in [0.29, 0.717) is 13.0 Å². The molecule has 3 nitrogen and oxygen atoms in total. The fourth-order valence-electron chi connectivity index (χ4n) is 1.41. The maximum absolute atomic E-state index is 10.9. The van der Waals surface area contributed by atoms with Crippen LogP contribution in [0.25, 0.3) is 0 Å². The number of hydrogen-bond acceptors (Lipinski definition) is 3. The molecule has 1 aromatic rings. The molecule has 82 valence electrons. The summed E-state index contributed by atoms with van der Waals surface area (Å²) in [5.74, 6) is -0.188. The lowest BCUT2D eigenvalue weighted by Gasteiger charge is -2.09. The van der Waals surface area contributed by atoms with Crippen LogP contribution in [0.2, 0.25) is 0 Å². The smallest absolute Gasteiger partial charge is 0.307 e. The molecular weight excluding hydrogens is 190 g/mol. The van der Waals surface area contributed by atoms with Gasteiger partial charge < -0.3 is 10.1 Å². The number of carbonyl (C=O) groups is 1. The van der Waals surface area contributed by atoms with Gasteiger partial charge in [0.15, 0.2) is 0 Å². The van der Waals surface area contributed by atoms with E-state index < -0.39 is 0 Å². The third-order valence-corrected chi connectivity index (χ3v) is 2.25. The van der Waals surface area contributed by atoms with Crippen LogP contribution in [0.1, 0.15) is 17.5 Å². The Labute approximate surface area is 90.4 Å². The summed E-state index contributed by atoms with van der Waals surface area (Å²) in [6.45, 7) is 4.72. The lowest BCUT2D eigenvalue weighted by Crippen LogP contribution is -2.10. The monoisotopic (exact) mass is 207 g/mol. The highest BCUT2D eigenvalue weighted by Gasteiger charge is 2.01. The number of esters is 1. The Morgan fingerprint density at radius 3 is 2.73 bits per heavy atom. The van der Waals surface area contributed by atoms with E-state index in [0.717, 1.165) is 5.69 Å². The molecule has 0 bridgehead atoms. The number of carbonyl (C=O) groups excluding carboxylic acids is 1. The van der Waals surface area contributed by atoms with Gasteiger partial charge in [0.1, 0.15) is 0 Å². The van der Waals surface area contributed by atoms with Crippen LogP contribution in [0.4, 0.5) is 5.69 Å². The van der Waals surface area contributed by atoms with Crippen molar-refractivity contribution < 1.29 is 9.53 Å². The summed E-state index contributed by atoms with van der Waals surface area (Å²) in [7, 11) is 1.40. The number of anilines is 1. The van der Waals surface area contributed by atoms with Crippen molar-refractivity contribution in [1.29, 1.82) is 0 Å². The van der Waals surface area contributed by atoms with Crippen molar-refractivity contribution in [3.8, 4) is 0 Å². The largest absolute Gasteiger partial charge is 0.469 e. The summed E-state index contributed by atoms with van der Waals surface area (Å²) in [5.41, 5.74) is 3.51. The summed E-state index contributed by atoms with van der Waals surface area (Å²) in [5, 5.41) is 3.20. The molecule has 0 fully saturated rings. The maximum Gasteiger partial charge on any atom is 0.307 e. The van der Waals surface area contributed by atoms with Gasteiger partial charge >= 0.3 is 5.97 Å². The first kappa shape index (κ1) is 11.6. The Balaban J connectivity index is 2.47. The Kier molecular flexibility index (Phi) is 4.16. The molecule has 3 heteroatoms. The van der Waals surface area contributed by atoms with Crippen LogP contribution < -0.4 is 5.32 Å². The van der Waals surface area contributed by atoms with Crippen molar-refractivity contribution in [1.82, 2.24) is 0 Å². The van der Waals surface area contributed by atoms with Crippen molar-refractivity contribution in [3.63, 3.8) is 0 Å². The molecule has 0 aliphatic rings. The van der Waals surface area contributed by atoms with E-state index in [-0.39, 0.29) is 5.97 Å². The molecule has 0 saturated heterocycles. The second-order valence-electron chi connectivity index (χ2n) is 3.57. The van der Waals surface area contributed by atoms with Crippen molar-refractivity contribution in [2.45, 2.75) is 20.3 Å². The first-order valence-electron chi connectivity index (χ1n) is 5.01. The summed E-state index contributed by atoms with van der Waals surface area (Å²) in [6, 6.07) is 6.19. The lowest BCUT2D eigenvalue weighted by atomic mass is 10.1. The zero-order valence-corrected chi connectivity index (χ0v) is 9.46. The van der Waals surface area contributed by atoms with Gasteiger partial charge in [0.05, 0.1) is 13.5 Å². The zero-order chi connectivity index (χ0) is 11.3. The zero-order valence-electron chi connectivity index (χ0n) is 9.46. The van der Waals surface area contributed by atoms with Gasteiger partial charge in [0.2, 0.25) is 0 Å². The van der Waals surface area contributed by atoms with Crippen LogP contribution >= 0.6 is 0 Å². The topological polar surface area (TPSA) is 38.3 Å². The van der Waals surface area contributed by atoms with E-state index in [1.165, 1.54) is 18.2 Å². The van der Waals surface area contributed by atoms with E-state index in [2.05, 4.69) is 23.0 Å². The molecule has 0 aliphatic carbocycles. The number of ether oxygens (including phenoxy) is 1. The molecule has 0 unspecified atom stereocenters. The van der Waals surface area contributed by atoms with Gasteiger partial charge in [-0.1, -0.05) is 17.7 Å². The number of benzene rings is 1. The average Bonchev–Trinajstić information content (AvgIpc) is 2.21. The molecule has 0 radical (unpaired) electrons. The summed E-state index contributed by atoms with van der Waals surface area (Å²) < 4.78 is 4.56. The second-order valence-corrected chi connectivity index (χ2v) is 3.57. The first-order valence-corrected chi connectivity index (χ1v) is 5.01. The SMILES string of the molecule is COC(=O)CCNc1ccc(C)cc1C.